The minimum atomic E-state index is -2.80. The first-order valence-corrected chi connectivity index (χ1v) is 18.3. The largest absolute Gasteiger partial charge is 0.405 e. The van der Waals surface area contributed by atoms with Crippen LogP contribution in [0.15, 0.2) is 109 Å². The Morgan fingerprint density at radius 2 is 1.41 bits per heavy atom. The highest BCUT2D eigenvalue weighted by Crippen LogP contribution is 2.47. The monoisotopic (exact) mass is 643 g/mol. The van der Waals surface area contributed by atoms with E-state index in [1.54, 1.807) is 0 Å². The highest BCUT2D eigenvalue weighted by atomic mass is 35.5. The fraction of sp³-hybridized carbons (Fsp3) is 0.342. The highest BCUT2D eigenvalue weighted by Gasteiger charge is 2.51. The summed E-state index contributed by atoms with van der Waals surface area (Å²) in [6.45, 7) is 11.5. The van der Waals surface area contributed by atoms with E-state index >= 15 is 0 Å². The second-order valence-electron chi connectivity index (χ2n) is 13.1. The summed E-state index contributed by atoms with van der Waals surface area (Å²) in [5.41, 5.74) is 2.22. The third kappa shape index (κ3) is 6.41. The molecule has 1 heterocycles. The standard InChI is InChI=1S/C38H43Cl2NO2Si/c1-6-32(26-43-44(38(3,4)5,33-16-9-7-10-17-33)34-18-11-8-12-19-34)41-36(28-20-22-30(39)23-21-28)35(24-27(2)37(41)42)29-14-13-15-31(40)25-29/h7-23,25,27,32,35-36H,6,24,26H2,1-5H3/t27?,32-,35+,36+/m0/s1. The minimum absolute atomic E-state index is 0.0736. The van der Waals surface area contributed by atoms with Gasteiger partial charge < -0.3 is 9.33 Å². The molecule has 0 saturated carbocycles. The van der Waals surface area contributed by atoms with Gasteiger partial charge in [-0.3, -0.25) is 4.79 Å². The lowest BCUT2D eigenvalue weighted by Crippen LogP contribution is -2.67. The maximum Gasteiger partial charge on any atom is 0.261 e. The SMILES string of the molecule is CC[C@@H](CO[Si](c1ccccc1)(c1ccccc1)C(C)(C)C)N1C(=O)C(C)C[C@H](c2cccc(Cl)c2)[C@H]1c1ccc(Cl)cc1. The Morgan fingerprint density at radius 3 is 1.93 bits per heavy atom. The molecule has 1 amide bonds. The number of hydrogen-bond acceptors (Lipinski definition) is 2. The summed E-state index contributed by atoms with van der Waals surface area (Å²) in [6, 6.07) is 37.2. The molecule has 230 valence electrons. The second-order valence-corrected chi connectivity index (χ2v) is 18.3. The molecule has 5 rings (SSSR count). The van der Waals surface area contributed by atoms with E-state index in [9.17, 15) is 4.79 Å². The molecule has 0 aromatic heterocycles. The zero-order valence-electron chi connectivity index (χ0n) is 26.3. The molecule has 4 atom stereocenters. The predicted octanol–water partition coefficient (Wildman–Crippen LogP) is 9.04. The topological polar surface area (TPSA) is 29.5 Å². The predicted molar refractivity (Wildman–Crippen MR) is 187 cm³/mol. The van der Waals surface area contributed by atoms with Gasteiger partial charge in [-0.25, -0.2) is 0 Å². The van der Waals surface area contributed by atoms with Crippen molar-refractivity contribution in [3.05, 3.63) is 130 Å². The molecular formula is C38H43Cl2NO2Si. The number of halogens is 2. The number of carbonyl (C=O) groups excluding carboxylic acids is 1. The Bertz CT molecular complexity index is 1500. The first-order chi connectivity index (χ1) is 21.1. The Morgan fingerprint density at radius 1 is 0.818 bits per heavy atom. The first kappa shape index (κ1) is 32.5. The molecule has 1 aliphatic heterocycles. The van der Waals surface area contributed by atoms with Crippen molar-refractivity contribution >= 4 is 47.8 Å². The van der Waals surface area contributed by atoms with Crippen LogP contribution in [0, 0.1) is 5.92 Å². The molecule has 0 aliphatic carbocycles. The number of hydrogen-bond donors (Lipinski definition) is 0. The summed E-state index contributed by atoms with van der Waals surface area (Å²) in [6.07, 6.45) is 1.51. The third-order valence-corrected chi connectivity index (χ3v) is 14.7. The van der Waals surface area contributed by atoms with E-state index in [0.29, 0.717) is 16.7 Å². The van der Waals surface area contributed by atoms with Crippen LogP contribution < -0.4 is 10.4 Å². The van der Waals surface area contributed by atoms with Gasteiger partial charge in [0.1, 0.15) is 0 Å². The summed E-state index contributed by atoms with van der Waals surface area (Å²) in [7, 11) is -2.80. The molecule has 6 heteroatoms. The van der Waals surface area contributed by atoms with Crippen molar-refractivity contribution < 1.29 is 9.22 Å². The van der Waals surface area contributed by atoms with Crippen molar-refractivity contribution in [2.45, 2.75) is 70.5 Å². The molecule has 0 spiro atoms. The average Bonchev–Trinajstić information content (AvgIpc) is 3.02. The Hall–Kier alpha value is -2.89. The van der Waals surface area contributed by atoms with Crippen LogP contribution in [0.2, 0.25) is 15.1 Å². The van der Waals surface area contributed by atoms with Crippen LogP contribution >= 0.6 is 23.2 Å². The normalized spacial score (nSPS) is 20.0. The lowest BCUT2D eigenvalue weighted by Gasteiger charge is -2.49. The van der Waals surface area contributed by atoms with Crippen molar-refractivity contribution in [1.82, 2.24) is 4.90 Å². The molecule has 4 aromatic rings. The maximum atomic E-state index is 14.3. The molecule has 0 radical (unpaired) electrons. The van der Waals surface area contributed by atoms with E-state index in [0.717, 1.165) is 24.0 Å². The van der Waals surface area contributed by atoms with Gasteiger partial charge in [-0.15, -0.1) is 0 Å². The maximum absolute atomic E-state index is 14.3. The highest BCUT2D eigenvalue weighted by molar-refractivity contribution is 6.99. The molecule has 3 nitrogen and oxygen atoms in total. The number of rotatable bonds is 9. The lowest BCUT2D eigenvalue weighted by atomic mass is 9.75. The van der Waals surface area contributed by atoms with Crippen molar-refractivity contribution in [3.63, 3.8) is 0 Å². The summed E-state index contributed by atoms with van der Waals surface area (Å²) in [5, 5.41) is 3.69. The van der Waals surface area contributed by atoms with E-state index in [1.807, 2.05) is 24.3 Å². The first-order valence-electron chi connectivity index (χ1n) is 15.6. The van der Waals surface area contributed by atoms with Gasteiger partial charge in [0.25, 0.3) is 8.32 Å². The molecule has 1 fully saturated rings. The van der Waals surface area contributed by atoms with E-state index in [-0.39, 0.29) is 34.9 Å². The Balaban J connectivity index is 1.61. The van der Waals surface area contributed by atoms with Gasteiger partial charge in [-0.05, 0) is 63.6 Å². The zero-order valence-corrected chi connectivity index (χ0v) is 28.9. The van der Waals surface area contributed by atoms with E-state index < -0.39 is 8.32 Å². The van der Waals surface area contributed by atoms with Crippen molar-refractivity contribution in [1.29, 1.82) is 0 Å². The van der Waals surface area contributed by atoms with Gasteiger partial charge in [-0.2, -0.15) is 0 Å². The molecule has 4 aromatic carbocycles. The molecular weight excluding hydrogens is 601 g/mol. The molecule has 0 N–H and O–H groups in total. The molecule has 1 unspecified atom stereocenters. The summed E-state index contributed by atoms with van der Waals surface area (Å²) in [4.78, 5) is 16.5. The number of carbonyl (C=O) groups is 1. The quantitative estimate of drug-likeness (QED) is 0.170. The minimum Gasteiger partial charge on any atom is -0.405 e. The van der Waals surface area contributed by atoms with Crippen LogP contribution in [0.5, 0.6) is 0 Å². The van der Waals surface area contributed by atoms with Gasteiger partial charge in [0.2, 0.25) is 5.91 Å². The van der Waals surface area contributed by atoms with Crippen LogP contribution in [0.25, 0.3) is 0 Å². The number of likely N-dealkylation sites (tertiary alicyclic amines) is 1. The zero-order chi connectivity index (χ0) is 31.5. The van der Waals surface area contributed by atoms with Crippen LogP contribution in [0.3, 0.4) is 0 Å². The molecule has 1 saturated heterocycles. The number of nitrogens with zero attached hydrogens (tertiary/aromatic N) is 1. The Kier molecular flexibility index (Phi) is 10.1. The summed E-state index contributed by atoms with van der Waals surface area (Å²) < 4.78 is 7.42. The Labute approximate surface area is 274 Å². The van der Waals surface area contributed by atoms with Gasteiger partial charge in [0, 0.05) is 21.9 Å². The van der Waals surface area contributed by atoms with Crippen molar-refractivity contribution in [3.8, 4) is 0 Å². The number of piperidine rings is 1. The van der Waals surface area contributed by atoms with Crippen LogP contribution in [-0.4, -0.2) is 31.8 Å². The lowest BCUT2D eigenvalue weighted by molar-refractivity contribution is -0.147. The van der Waals surface area contributed by atoms with Crippen molar-refractivity contribution in [2.75, 3.05) is 6.61 Å². The van der Waals surface area contributed by atoms with E-state index in [2.05, 4.69) is 124 Å². The fourth-order valence-electron chi connectivity index (χ4n) is 7.09. The van der Waals surface area contributed by atoms with Crippen LogP contribution in [0.1, 0.15) is 70.5 Å². The number of benzene rings is 4. The van der Waals surface area contributed by atoms with Gasteiger partial charge in [-0.1, -0.05) is 143 Å². The van der Waals surface area contributed by atoms with Crippen LogP contribution in [0.4, 0.5) is 0 Å². The van der Waals surface area contributed by atoms with Gasteiger partial charge >= 0.3 is 0 Å². The molecule has 44 heavy (non-hydrogen) atoms. The number of amides is 1. The molecule has 1 aliphatic rings. The van der Waals surface area contributed by atoms with E-state index in [1.165, 1.54) is 10.4 Å². The van der Waals surface area contributed by atoms with E-state index in [4.69, 9.17) is 27.6 Å². The van der Waals surface area contributed by atoms with Gasteiger partial charge in [0.05, 0.1) is 18.7 Å². The smallest absolute Gasteiger partial charge is 0.261 e. The summed E-state index contributed by atoms with van der Waals surface area (Å²) in [5.74, 6) is 0.107. The average molecular weight is 645 g/mol. The molecule has 0 bridgehead atoms. The third-order valence-electron chi connectivity index (χ3n) is 9.23. The van der Waals surface area contributed by atoms with Crippen molar-refractivity contribution in [2.24, 2.45) is 5.92 Å². The van der Waals surface area contributed by atoms with Gasteiger partial charge in [0.15, 0.2) is 0 Å². The fourth-order valence-corrected chi connectivity index (χ4v) is 12.0. The summed E-state index contributed by atoms with van der Waals surface area (Å²) >= 11 is 12.9. The second kappa shape index (κ2) is 13.6. The van der Waals surface area contributed by atoms with Crippen LogP contribution in [-0.2, 0) is 9.22 Å².